The fourth-order valence-corrected chi connectivity index (χ4v) is 2.94. The van der Waals surface area contributed by atoms with Gasteiger partial charge in [-0.05, 0) is 50.2 Å². The van der Waals surface area contributed by atoms with Gasteiger partial charge in [0, 0.05) is 28.8 Å². The molecule has 0 bridgehead atoms. The Morgan fingerprint density at radius 1 is 1.12 bits per heavy atom. The van der Waals surface area contributed by atoms with Crippen molar-refractivity contribution in [3.63, 3.8) is 0 Å². The molecule has 2 aromatic rings. The molecular formula is C18H18BrClN2O2. The number of carbonyl (C=O) groups is 2. The molecule has 0 aliphatic heterocycles. The van der Waals surface area contributed by atoms with Gasteiger partial charge in [0.1, 0.15) is 0 Å². The molecule has 2 amide bonds. The zero-order chi connectivity index (χ0) is 17.7. The zero-order valence-electron chi connectivity index (χ0n) is 13.5. The SMILES string of the molecule is CCN(CC)C(=O)c1ccc(NC(=O)c2cccc(Br)c2)cc1Cl. The quantitative estimate of drug-likeness (QED) is 0.768. The molecule has 0 aliphatic carbocycles. The molecule has 1 N–H and O–H groups in total. The van der Waals surface area contributed by atoms with Gasteiger partial charge in [0.15, 0.2) is 0 Å². The van der Waals surface area contributed by atoms with Crippen LogP contribution in [0, 0.1) is 0 Å². The van der Waals surface area contributed by atoms with Gasteiger partial charge in [0.05, 0.1) is 10.6 Å². The summed E-state index contributed by atoms with van der Waals surface area (Å²) in [5, 5.41) is 3.10. The highest BCUT2D eigenvalue weighted by Gasteiger charge is 2.16. The normalized spacial score (nSPS) is 10.3. The van der Waals surface area contributed by atoms with Gasteiger partial charge >= 0.3 is 0 Å². The van der Waals surface area contributed by atoms with Gasteiger partial charge in [-0.15, -0.1) is 0 Å². The van der Waals surface area contributed by atoms with Crippen LogP contribution in [0.2, 0.25) is 5.02 Å². The number of rotatable bonds is 5. The lowest BCUT2D eigenvalue weighted by Gasteiger charge is -2.19. The van der Waals surface area contributed by atoms with Crippen molar-refractivity contribution in [2.75, 3.05) is 18.4 Å². The molecule has 0 fully saturated rings. The summed E-state index contributed by atoms with van der Waals surface area (Å²) in [5.41, 5.74) is 1.51. The number of amides is 2. The summed E-state index contributed by atoms with van der Waals surface area (Å²) in [6.07, 6.45) is 0. The van der Waals surface area contributed by atoms with Crippen molar-refractivity contribution in [1.82, 2.24) is 4.90 Å². The average Bonchev–Trinajstić information content (AvgIpc) is 2.56. The van der Waals surface area contributed by atoms with E-state index in [0.717, 1.165) is 4.47 Å². The molecule has 2 rings (SSSR count). The highest BCUT2D eigenvalue weighted by molar-refractivity contribution is 9.10. The Morgan fingerprint density at radius 3 is 2.42 bits per heavy atom. The third-order valence-corrected chi connectivity index (χ3v) is 4.40. The van der Waals surface area contributed by atoms with Crippen LogP contribution < -0.4 is 5.32 Å². The standard InChI is InChI=1S/C18H18BrClN2O2/c1-3-22(4-2)18(24)15-9-8-14(11-16(15)20)21-17(23)12-6-5-7-13(19)10-12/h5-11H,3-4H2,1-2H3,(H,21,23). The maximum absolute atomic E-state index is 12.4. The Bertz CT molecular complexity index is 760. The number of hydrogen-bond donors (Lipinski definition) is 1. The van der Waals surface area contributed by atoms with Crippen LogP contribution in [-0.4, -0.2) is 29.8 Å². The Kier molecular flexibility index (Phi) is 6.40. The summed E-state index contributed by atoms with van der Waals surface area (Å²) in [6, 6.07) is 12.0. The minimum atomic E-state index is -0.241. The fourth-order valence-electron chi connectivity index (χ4n) is 2.28. The lowest BCUT2D eigenvalue weighted by Crippen LogP contribution is -2.30. The third-order valence-electron chi connectivity index (χ3n) is 3.59. The highest BCUT2D eigenvalue weighted by atomic mass is 79.9. The van der Waals surface area contributed by atoms with Crippen molar-refractivity contribution in [3.8, 4) is 0 Å². The molecule has 6 heteroatoms. The summed E-state index contributed by atoms with van der Waals surface area (Å²) >= 11 is 9.57. The first-order valence-electron chi connectivity index (χ1n) is 7.62. The average molecular weight is 410 g/mol. The predicted octanol–water partition coefficient (Wildman–Crippen LogP) is 4.84. The lowest BCUT2D eigenvalue weighted by molar-refractivity contribution is 0.0773. The first kappa shape index (κ1) is 18.5. The summed E-state index contributed by atoms with van der Waals surface area (Å²) in [4.78, 5) is 26.3. The van der Waals surface area contributed by atoms with Crippen molar-refractivity contribution in [1.29, 1.82) is 0 Å². The number of anilines is 1. The van der Waals surface area contributed by atoms with Gasteiger partial charge in [-0.1, -0.05) is 33.6 Å². The van der Waals surface area contributed by atoms with E-state index in [9.17, 15) is 9.59 Å². The van der Waals surface area contributed by atoms with E-state index >= 15 is 0 Å². The molecule has 0 saturated heterocycles. The molecule has 4 nitrogen and oxygen atoms in total. The van der Waals surface area contributed by atoms with E-state index in [-0.39, 0.29) is 11.8 Å². The highest BCUT2D eigenvalue weighted by Crippen LogP contribution is 2.23. The summed E-state index contributed by atoms with van der Waals surface area (Å²) in [5.74, 6) is -0.356. The molecule has 126 valence electrons. The molecular weight excluding hydrogens is 392 g/mol. The summed E-state index contributed by atoms with van der Waals surface area (Å²) in [6.45, 7) is 5.07. The number of hydrogen-bond acceptors (Lipinski definition) is 2. The number of nitrogens with one attached hydrogen (secondary N) is 1. The van der Waals surface area contributed by atoms with Crippen LogP contribution in [0.3, 0.4) is 0 Å². The maximum atomic E-state index is 12.4. The minimum absolute atomic E-state index is 0.116. The molecule has 0 saturated carbocycles. The van der Waals surface area contributed by atoms with Crippen LogP contribution >= 0.6 is 27.5 Å². The van der Waals surface area contributed by atoms with Crippen LogP contribution in [0.5, 0.6) is 0 Å². The molecule has 0 heterocycles. The van der Waals surface area contributed by atoms with Crippen molar-refractivity contribution in [2.24, 2.45) is 0 Å². The van der Waals surface area contributed by atoms with Gasteiger partial charge in [0.2, 0.25) is 0 Å². The number of halogens is 2. The summed E-state index contributed by atoms with van der Waals surface area (Å²) in [7, 11) is 0. The molecule has 0 aromatic heterocycles. The van der Waals surface area contributed by atoms with E-state index in [1.807, 2.05) is 19.9 Å². The van der Waals surface area contributed by atoms with Crippen molar-refractivity contribution >= 4 is 45.0 Å². The maximum Gasteiger partial charge on any atom is 0.255 e. The Labute approximate surface area is 154 Å². The van der Waals surface area contributed by atoms with Gasteiger partial charge in [-0.25, -0.2) is 0 Å². The molecule has 0 unspecified atom stereocenters. The van der Waals surface area contributed by atoms with Crippen LogP contribution in [-0.2, 0) is 0 Å². The first-order chi connectivity index (χ1) is 11.5. The first-order valence-corrected chi connectivity index (χ1v) is 8.79. The molecule has 0 radical (unpaired) electrons. The molecule has 0 atom stereocenters. The van der Waals surface area contributed by atoms with Crippen molar-refractivity contribution < 1.29 is 9.59 Å². The third kappa shape index (κ3) is 4.36. The van der Waals surface area contributed by atoms with Crippen molar-refractivity contribution in [3.05, 3.63) is 63.1 Å². The largest absolute Gasteiger partial charge is 0.339 e. The monoisotopic (exact) mass is 408 g/mol. The van der Waals surface area contributed by atoms with E-state index in [2.05, 4.69) is 21.2 Å². The number of carbonyl (C=O) groups excluding carboxylic acids is 2. The number of nitrogens with zero attached hydrogens (tertiary/aromatic N) is 1. The number of benzene rings is 2. The Balaban J connectivity index is 2.18. The van der Waals surface area contributed by atoms with E-state index in [4.69, 9.17) is 11.6 Å². The second-order valence-corrected chi connectivity index (χ2v) is 6.46. The molecule has 2 aromatic carbocycles. The Morgan fingerprint density at radius 2 is 1.83 bits per heavy atom. The van der Waals surface area contributed by atoms with E-state index in [0.29, 0.717) is 34.9 Å². The second kappa shape index (κ2) is 8.31. The minimum Gasteiger partial charge on any atom is -0.339 e. The van der Waals surface area contributed by atoms with E-state index < -0.39 is 0 Å². The predicted molar refractivity (Wildman–Crippen MR) is 101 cm³/mol. The zero-order valence-corrected chi connectivity index (χ0v) is 15.8. The van der Waals surface area contributed by atoms with Crippen molar-refractivity contribution in [2.45, 2.75) is 13.8 Å². The van der Waals surface area contributed by atoms with Gasteiger partial charge in [-0.3, -0.25) is 9.59 Å². The van der Waals surface area contributed by atoms with Gasteiger partial charge in [0.25, 0.3) is 11.8 Å². The smallest absolute Gasteiger partial charge is 0.255 e. The van der Waals surface area contributed by atoms with E-state index in [1.54, 1.807) is 41.3 Å². The molecule has 0 spiro atoms. The van der Waals surface area contributed by atoms with Gasteiger partial charge in [-0.2, -0.15) is 0 Å². The van der Waals surface area contributed by atoms with E-state index in [1.165, 1.54) is 0 Å². The van der Waals surface area contributed by atoms with Gasteiger partial charge < -0.3 is 10.2 Å². The molecule has 0 aliphatic rings. The fraction of sp³-hybridized carbons (Fsp3) is 0.222. The van der Waals surface area contributed by atoms with Crippen LogP contribution in [0.25, 0.3) is 0 Å². The van der Waals surface area contributed by atoms with Crippen LogP contribution in [0.1, 0.15) is 34.6 Å². The van der Waals surface area contributed by atoms with Crippen LogP contribution in [0.4, 0.5) is 5.69 Å². The summed E-state index contributed by atoms with van der Waals surface area (Å²) < 4.78 is 0.827. The lowest BCUT2D eigenvalue weighted by atomic mass is 10.1. The topological polar surface area (TPSA) is 49.4 Å². The Hall–Kier alpha value is -1.85. The van der Waals surface area contributed by atoms with Crippen LogP contribution in [0.15, 0.2) is 46.9 Å². The second-order valence-electron chi connectivity index (χ2n) is 5.14. The molecule has 24 heavy (non-hydrogen) atoms.